The van der Waals surface area contributed by atoms with Gasteiger partial charge in [0.25, 0.3) is 0 Å². The fourth-order valence-corrected chi connectivity index (χ4v) is 1.52. The lowest BCUT2D eigenvalue weighted by molar-refractivity contribution is -0.119. The van der Waals surface area contributed by atoms with Crippen LogP contribution in [0.1, 0.15) is 25.8 Å². The molecule has 0 aliphatic rings. The summed E-state index contributed by atoms with van der Waals surface area (Å²) in [6, 6.07) is 7.93. The van der Waals surface area contributed by atoms with Gasteiger partial charge in [0.1, 0.15) is 0 Å². The van der Waals surface area contributed by atoms with Crippen molar-refractivity contribution in [3.8, 4) is 0 Å². The Kier molecular flexibility index (Phi) is 4.99. The monoisotopic (exact) mass is 220 g/mol. The van der Waals surface area contributed by atoms with Gasteiger partial charge in [0.2, 0.25) is 5.91 Å². The third kappa shape index (κ3) is 3.66. The van der Waals surface area contributed by atoms with Crippen LogP contribution in [0, 0.1) is 5.92 Å². The highest BCUT2D eigenvalue weighted by Crippen LogP contribution is 2.13. The molecule has 3 N–H and O–H groups in total. The van der Waals surface area contributed by atoms with Crippen LogP contribution in [0.15, 0.2) is 24.3 Å². The molecule has 3 nitrogen and oxygen atoms in total. The zero-order valence-corrected chi connectivity index (χ0v) is 9.99. The van der Waals surface area contributed by atoms with Gasteiger partial charge in [0, 0.05) is 11.6 Å². The predicted molar refractivity (Wildman–Crippen MR) is 67.3 cm³/mol. The smallest absolute Gasteiger partial charge is 0.227 e. The van der Waals surface area contributed by atoms with Crippen LogP contribution < -0.4 is 11.1 Å². The fraction of sp³-hybridized carbons (Fsp3) is 0.462. The zero-order chi connectivity index (χ0) is 12.0. The van der Waals surface area contributed by atoms with Gasteiger partial charge in [-0.2, -0.15) is 0 Å². The molecule has 0 spiro atoms. The molecule has 1 aromatic carbocycles. The number of carbonyl (C=O) groups is 1. The normalized spacial score (nSPS) is 12.2. The number of rotatable bonds is 5. The Morgan fingerprint density at radius 1 is 1.50 bits per heavy atom. The van der Waals surface area contributed by atoms with Gasteiger partial charge < -0.3 is 11.1 Å². The lowest BCUT2D eigenvalue weighted by atomic mass is 10.1. The van der Waals surface area contributed by atoms with E-state index in [0.29, 0.717) is 6.54 Å². The summed E-state index contributed by atoms with van der Waals surface area (Å²) in [6.45, 7) is 4.54. The lowest BCUT2D eigenvalue weighted by Crippen LogP contribution is -2.22. The molecule has 3 heteroatoms. The van der Waals surface area contributed by atoms with Crippen LogP contribution in [0.25, 0.3) is 0 Å². The summed E-state index contributed by atoms with van der Waals surface area (Å²) in [5, 5.41) is 2.91. The quantitative estimate of drug-likeness (QED) is 0.799. The Morgan fingerprint density at radius 3 is 2.88 bits per heavy atom. The van der Waals surface area contributed by atoms with Crippen molar-refractivity contribution in [1.29, 1.82) is 0 Å². The molecule has 1 amide bonds. The van der Waals surface area contributed by atoms with Crippen molar-refractivity contribution < 1.29 is 4.79 Å². The Bertz CT molecular complexity index is 350. The first-order valence-corrected chi connectivity index (χ1v) is 5.77. The van der Waals surface area contributed by atoms with E-state index >= 15 is 0 Å². The van der Waals surface area contributed by atoms with E-state index in [1.165, 1.54) is 5.56 Å². The minimum atomic E-state index is -0.0321. The van der Waals surface area contributed by atoms with Gasteiger partial charge in [0.15, 0.2) is 0 Å². The molecule has 0 aliphatic heterocycles. The molecule has 0 bridgehead atoms. The van der Waals surface area contributed by atoms with Crippen LogP contribution in [-0.2, 0) is 11.2 Å². The number of nitrogens with two attached hydrogens (primary N) is 1. The maximum atomic E-state index is 11.7. The Labute approximate surface area is 97.0 Å². The highest BCUT2D eigenvalue weighted by atomic mass is 16.1. The number of aryl methyl sites for hydroxylation is 1. The van der Waals surface area contributed by atoms with Crippen molar-refractivity contribution in [2.75, 3.05) is 11.9 Å². The summed E-state index contributed by atoms with van der Waals surface area (Å²) < 4.78 is 0. The van der Waals surface area contributed by atoms with E-state index in [4.69, 9.17) is 5.73 Å². The van der Waals surface area contributed by atoms with E-state index < -0.39 is 0 Å². The summed E-state index contributed by atoms with van der Waals surface area (Å²) in [5.74, 6) is 0.00832. The molecule has 0 saturated carbocycles. The van der Waals surface area contributed by atoms with Gasteiger partial charge in [-0.3, -0.25) is 4.79 Å². The minimum absolute atomic E-state index is 0.0321. The first-order valence-electron chi connectivity index (χ1n) is 5.77. The molecular formula is C13H20N2O. The van der Waals surface area contributed by atoms with Crippen LogP contribution in [0.5, 0.6) is 0 Å². The number of benzene rings is 1. The van der Waals surface area contributed by atoms with Gasteiger partial charge in [0.05, 0.1) is 0 Å². The van der Waals surface area contributed by atoms with E-state index in [1.807, 2.05) is 25.1 Å². The molecule has 0 saturated heterocycles. The number of hydrogen-bond donors (Lipinski definition) is 2. The SMILES string of the molecule is CCc1cccc(NC(=O)C(C)CCN)c1. The number of carbonyl (C=O) groups excluding carboxylic acids is 1. The van der Waals surface area contributed by atoms with Gasteiger partial charge >= 0.3 is 0 Å². The Balaban J connectivity index is 2.61. The summed E-state index contributed by atoms with van der Waals surface area (Å²) in [7, 11) is 0. The standard InChI is InChI=1S/C13H20N2O/c1-3-11-5-4-6-12(9-11)15-13(16)10(2)7-8-14/h4-6,9-10H,3,7-8,14H2,1-2H3,(H,15,16). The molecule has 0 fully saturated rings. The third-order valence-corrected chi connectivity index (χ3v) is 2.65. The first-order chi connectivity index (χ1) is 7.67. The minimum Gasteiger partial charge on any atom is -0.330 e. The highest BCUT2D eigenvalue weighted by molar-refractivity contribution is 5.92. The number of hydrogen-bond acceptors (Lipinski definition) is 2. The Hall–Kier alpha value is -1.35. The largest absolute Gasteiger partial charge is 0.330 e. The fourth-order valence-electron chi connectivity index (χ4n) is 1.52. The number of nitrogens with one attached hydrogen (secondary N) is 1. The van der Waals surface area contributed by atoms with E-state index in [1.54, 1.807) is 0 Å². The van der Waals surface area contributed by atoms with E-state index in [-0.39, 0.29) is 11.8 Å². The van der Waals surface area contributed by atoms with Gasteiger partial charge in [-0.25, -0.2) is 0 Å². The first kappa shape index (κ1) is 12.7. The average molecular weight is 220 g/mol. The maximum absolute atomic E-state index is 11.7. The molecule has 1 aromatic rings. The van der Waals surface area contributed by atoms with E-state index in [0.717, 1.165) is 18.5 Å². The summed E-state index contributed by atoms with van der Waals surface area (Å²) >= 11 is 0. The highest BCUT2D eigenvalue weighted by Gasteiger charge is 2.11. The van der Waals surface area contributed by atoms with Crippen LogP contribution in [-0.4, -0.2) is 12.5 Å². The average Bonchev–Trinajstić information content (AvgIpc) is 2.29. The third-order valence-electron chi connectivity index (χ3n) is 2.65. The van der Waals surface area contributed by atoms with Crippen molar-refractivity contribution in [2.45, 2.75) is 26.7 Å². The van der Waals surface area contributed by atoms with Crippen molar-refractivity contribution in [3.05, 3.63) is 29.8 Å². The summed E-state index contributed by atoms with van der Waals surface area (Å²) in [5.41, 5.74) is 7.52. The Morgan fingerprint density at radius 2 is 2.25 bits per heavy atom. The maximum Gasteiger partial charge on any atom is 0.227 e. The molecule has 88 valence electrons. The van der Waals surface area contributed by atoms with Crippen molar-refractivity contribution in [3.63, 3.8) is 0 Å². The molecule has 0 aliphatic carbocycles. The molecular weight excluding hydrogens is 200 g/mol. The van der Waals surface area contributed by atoms with E-state index in [9.17, 15) is 4.79 Å². The molecule has 1 atom stereocenters. The van der Waals surface area contributed by atoms with E-state index in [2.05, 4.69) is 18.3 Å². The van der Waals surface area contributed by atoms with Crippen LogP contribution >= 0.6 is 0 Å². The second-order valence-corrected chi connectivity index (χ2v) is 4.02. The summed E-state index contributed by atoms with van der Waals surface area (Å²) in [6.07, 6.45) is 1.70. The molecule has 0 heterocycles. The molecule has 0 aromatic heterocycles. The number of amides is 1. The molecule has 0 radical (unpaired) electrons. The van der Waals surface area contributed by atoms with Gasteiger partial charge in [-0.1, -0.05) is 26.0 Å². The van der Waals surface area contributed by atoms with Gasteiger partial charge in [-0.15, -0.1) is 0 Å². The van der Waals surface area contributed by atoms with Crippen molar-refractivity contribution in [2.24, 2.45) is 11.7 Å². The van der Waals surface area contributed by atoms with Crippen LogP contribution in [0.3, 0.4) is 0 Å². The van der Waals surface area contributed by atoms with Crippen LogP contribution in [0.2, 0.25) is 0 Å². The second kappa shape index (κ2) is 6.28. The zero-order valence-electron chi connectivity index (χ0n) is 9.99. The topological polar surface area (TPSA) is 55.1 Å². The van der Waals surface area contributed by atoms with Crippen LogP contribution in [0.4, 0.5) is 5.69 Å². The summed E-state index contributed by atoms with van der Waals surface area (Å²) in [4.78, 5) is 11.7. The lowest BCUT2D eigenvalue weighted by Gasteiger charge is -2.11. The molecule has 16 heavy (non-hydrogen) atoms. The predicted octanol–water partition coefficient (Wildman–Crippen LogP) is 2.17. The second-order valence-electron chi connectivity index (χ2n) is 4.02. The molecule has 1 unspecified atom stereocenters. The van der Waals surface area contributed by atoms with Crippen molar-refractivity contribution in [1.82, 2.24) is 0 Å². The molecule has 1 rings (SSSR count). The van der Waals surface area contributed by atoms with Crippen molar-refractivity contribution >= 4 is 11.6 Å². The van der Waals surface area contributed by atoms with Gasteiger partial charge in [-0.05, 0) is 37.1 Å². The number of anilines is 1.